The van der Waals surface area contributed by atoms with E-state index in [1.54, 1.807) is 16.7 Å². The molecule has 0 unspecified atom stereocenters. The predicted molar refractivity (Wildman–Crippen MR) is 93.9 cm³/mol. The minimum absolute atomic E-state index is 0.00778. The maximum atomic E-state index is 11.1. The molecule has 0 fully saturated rings. The summed E-state index contributed by atoms with van der Waals surface area (Å²) in [4.78, 5) is 21.5. The van der Waals surface area contributed by atoms with Gasteiger partial charge in [-0.15, -0.1) is 10.2 Å². The molecule has 1 N–H and O–H groups in total. The molecule has 2 aromatic carbocycles. The molecule has 0 saturated heterocycles. The molecular weight excluding hydrogens is 336 g/mol. The number of benzene rings is 2. The third-order valence-corrected chi connectivity index (χ3v) is 3.75. The van der Waals surface area contributed by atoms with Gasteiger partial charge in [-0.1, -0.05) is 36.9 Å². The van der Waals surface area contributed by atoms with E-state index in [9.17, 15) is 14.9 Å². The Morgan fingerprint density at radius 2 is 1.77 bits per heavy atom. The van der Waals surface area contributed by atoms with Crippen LogP contribution in [-0.4, -0.2) is 30.8 Å². The number of nitro benzene ring substituents is 1. The molecule has 0 bridgehead atoms. The molecule has 8 nitrogen and oxygen atoms in total. The second-order valence-corrected chi connectivity index (χ2v) is 5.50. The zero-order valence-corrected chi connectivity index (χ0v) is 13.6. The number of aliphatic carboxylic acids is 1. The van der Waals surface area contributed by atoms with E-state index in [0.29, 0.717) is 17.3 Å². The van der Waals surface area contributed by atoms with Gasteiger partial charge in [-0.2, -0.15) is 0 Å². The molecule has 0 atom stereocenters. The average Bonchev–Trinajstić information content (AvgIpc) is 3.06. The Morgan fingerprint density at radius 1 is 1.12 bits per heavy atom. The monoisotopic (exact) mass is 350 g/mol. The van der Waals surface area contributed by atoms with Crippen molar-refractivity contribution in [1.29, 1.82) is 0 Å². The van der Waals surface area contributed by atoms with Gasteiger partial charge in [0.1, 0.15) is 5.82 Å². The van der Waals surface area contributed by atoms with Crippen LogP contribution in [0.1, 0.15) is 5.82 Å². The minimum atomic E-state index is -1.12. The summed E-state index contributed by atoms with van der Waals surface area (Å²) in [6.07, 6.45) is -0.00778. The standard InChI is InChI=1S/C18H14N4O4/c1-12(18(23)24)11-16-19-20-17(13-5-3-2-4-6-13)21(16)14-7-9-15(10-8-14)22(25)26/h2-10H,1,11H2,(H,23,24). The fourth-order valence-corrected chi connectivity index (χ4v) is 2.47. The van der Waals surface area contributed by atoms with E-state index < -0.39 is 10.9 Å². The highest BCUT2D eigenvalue weighted by atomic mass is 16.6. The van der Waals surface area contributed by atoms with Crippen molar-refractivity contribution < 1.29 is 14.8 Å². The summed E-state index contributed by atoms with van der Waals surface area (Å²) in [6, 6.07) is 15.1. The highest BCUT2D eigenvalue weighted by molar-refractivity contribution is 5.86. The molecular formula is C18H14N4O4. The number of carboxylic acid groups (broad SMARTS) is 1. The number of carboxylic acids is 1. The Bertz CT molecular complexity index is 978. The lowest BCUT2D eigenvalue weighted by molar-refractivity contribution is -0.384. The van der Waals surface area contributed by atoms with Crippen molar-refractivity contribution in [2.24, 2.45) is 0 Å². The first-order valence-corrected chi connectivity index (χ1v) is 7.63. The van der Waals surface area contributed by atoms with Crippen molar-refractivity contribution in [3.63, 3.8) is 0 Å². The van der Waals surface area contributed by atoms with Gasteiger partial charge in [0.05, 0.1) is 4.92 Å². The third kappa shape index (κ3) is 3.34. The second-order valence-electron chi connectivity index (χ2n) is 5.50. The van der Waals surface area contributed by atoms with E-state index in [-0.39, 0.29) is 17.7 Å². The molecule has 0 amide bonds. The zero-order valence-electron chi connectivity index (χ0n) is 13.6. The van der Waals surface area contributed by atoms with E-state index in [1.807, 2.05) is 30.3 Å². The van der Waals surface area contributed by atoms with Crippen molar-refractivity contribution in [1.82, 2.24) is 14.8 Å². The maximum Gasteiger partial charge on any atom is 0.331 e. The Kier molecular flexibility index (Phi) is 4.57. The number of rotatable bonds is 6. The van der Waals surface area contributed by atoms with Crippen molar-refractivity contribution in [2.75, 3.05) is 0 Å². The third-order valence-electron chi connectivity index (χ3n) is 3.75. The lowest BCUT2D eigenvalue weighted by atomic mass is 10.1. The van der Waals surface area contributed by atoms with Gasteiger partial charge >= 0.3 is 5.97 Å². The van der Waals surface area contributed by atoms with Crippen LogP contribution >= 0.6 is 0 Å². The summed E-state index contributed by atoms with van der Waals surface area (Å²) in [7, 11) is 0. The molecule has 0 saturated carbocycles. The van der Waals surface area contributed by atoms with Gasteiger partial charge in [0.2, 0.25) is 0 Å². The number of non-ortho nitro benzene ring substituents is 1. The number of nitro groups is 1. The Morgan fingerprint density at radius 3 is 2.35 bits per heavy atom. The fourth-order valence-electron chi connectivity index (χ4n) is 2.47. The van der Waals surface area contributed by atoms with E-state index in [2.05, 4.69) is 16.8 Å². The van der Waals surface area contributed by atoms with Crippen molar-refractivity contribution in [3.8, 4) is 17.1 Å². The van der Waals surface area contributed by atoms with Gasteiger partial charge in [-0.05, 0) is 12.1 Å². The summed E-state index contributed by atoms with van der Waals surface area (Å²) in [6.45, 7) is 3.53. The van der Waals surface area contributed by atoms with Crippen molar-refractivity contribution >= 4 is 11.7 Å². The molecule has 1 heterocycles. The van der Waals surface area contributed by atoms with Gasteiger partial charge in [0, 0.05) is 35.4 Å². The van der Waals surface area contributed by atoms with Crippen LogP contribution in [-0.2, 0) is 11.2 Å². The smallest absolute Gasteiger partial charge is 0.331 e. The van der Waals surface area contributed by atoms with Crippen LogP contribution < -0.4 is 0 Å². The number of hydrogen-bond acceptors (Lipinski definition) is 5. The van der Waals surface area contributed by atoms with Crippen LogP contribution in [0.4, 0.5) is 5.69 Å². The van der Waals surface area contributed by atoms with Gasteiger partial charge in [-0.25, -0.2) is 4.79 Å². The van der Waals surface area contributed by atoms with Crippen LogP contribution in [0.15, 0.2) is 66.7 Å². The van der Waals surface area contributed by atoms with E-state index in [0.717, 1.165) is 5.56 Å². The van der Waals surface area contributed by atoms with Gasteiger partial charge < -0.3 is 5.11 Å². The van der Waals surface area contributed by atoms with Crippen LogP contribution in [0.2, 0.25) is 0 Å². The van der Waals surface area contributed by atoms with Crippen LogP contribution in [0.5, 0.6) is 0 Å². The minimum Gasteiger partial charge on any atom is -0.478 e. The molecule has 3 rings (SSSR count). The molecule has 0 spiro atoms. The molecule has 0 radical (unpaired) electrons. The first-order valence-electron chi connectivity index (χ1n) is 7.63. The lowest BCUT2D eigenvalue weighted by Gasteiger charge is -2.10. The number of aromatic nitrogens is 3. The average molecular weight is 350 g/mol. The van der Waals surface area contributed by atoms with Gasteiger partial charge in [0.15, 0.2) is 5.82 Å². The predicted octanol–water partition coefficient (Wildman–Crippen LogP) is 3.03. The van der Waals surface area contributed by atoms with Gasteiger partial charge in [-0.3, -0.25) is 14.7 Å². The van der Waals surface area contributed by atoms with E-state index >= 15 is 0 Å². The van der Waals surface area contributed by atoms with Crippen LogP contribution in [0.25, 0.3) is 17.1 Å². The van der Waals surface area contributed by atoms with Crippen LogP contribution in [0.3, 0.4) is 0 Å². The van der Waals surface area contributed by atoms with Crippen molar-refractivity contribution in [3.05, 3.63) is 82.7 Å². The second kappa shape index (κ2) is 6.98. The molecule has 3 aromatic rings. The summed E-state index contributed by atoms with van der Waals surface area (Å²) in [5.74, 6) is -0.234. The first kappa shape index (κ1) is 17.0. The highest BCUT2D eigenvalue weighted by Gasteiger charge is 2.18. The summed E-state index contributed by atoms with van der Waals surface area (Å²) >= 11 is 0. The number of nitrogens with zero attached hydrogens (tertiary/aromatic N) is 4. The normalized spacial score (nSPS) is 10.5. The van der Waals surface area contributed by atoms with E-state index in [4.69, 9.17) is 5.11 Å². The summed E-state index contributed by atoms with van der Waals surface area (Å²) in [5.41, 5.74) is 1.30. The molecule has 26 heavy (non-hydrogen) atoms. The zero-order chi connectivity index (χ0) is 18.7. The highest BCUT2D eigenvalue weighted by Crippen LogP contribution is 2.25. The molecule has 0 aliphatic heterocycles. The quantitative estimate of drug-likeness (QED) is 0.415. The largest absolute Gasteiger partial charge is 0.478 e. The molecule has 8 heteroatoms. The number of carbonyl (C=O) groups is 1. The Hall–Kier alpha value is -3.81. The lowest BCUT2D eigenvalue weighted by Crippen LogP contribution is -2.08. The SMILES string of the molecule is C=C(Cc1nnc(-c2ccccc2)n1-c1ccc([N+](=O)[O-])cc1)C(=O)O. The van der Waals surface area contributed by atoms with Crippen molar-refractivity contribution in [2.45, 2.75) is 6.42 Å². The maximum absolute atomic E-state index is 11.1. The first-order chi connectivity index (χ1) is 12.5. The molecule has 130 valence electrons. The van der Waals surface area contributed by atoms with E-state index in [1.165, 1.54) is 12.1 Å². The van der Waals surface area contributed by atoms with Crippen LogP contribution in [0, 0.1) is 10.1 Å². The fraction of sp³-hybridized carbons (Fsp3) is 0.0556. The number of hydrogen-bond donors (Lipinski definition) is 1. The molecule has 1 aromatic heterocycles. The topological polar surface area (TPSA) is 111 Å². The molecule has 0 aliphatic carbocycles. The Balaban J connectivity index is 2.12. The summed E-state index contributed by atoms with van der Waals surface area (Å²) in [5, 5.41) is 28.2. The van der Waals surface area contributed by atoms with Gasteiger partial charge in [0.25, 0.3) is 5.69 Å². The Labute approximate surface area is 148 Å². The molecule has 0 aliphatic rings. The summed E-state index contributed by atoms with van der Waals surface area (Å²) < 4.78 is 1.67.